The molecular formula is C45H52FN11O4. The highest BCUT2D eigenvalue weighted by Gasteiger charge is 2.32. The van der Waals surface area contributed by atoms with Crippen LogP contribution in [0.3, 0.4) is 0 Å². The van der Waals surface area contributed by atoms with Crippen LogP contribution < -0.4 is 30.5 Å². The Morgan fingerprint density at radius 1 is 0.852 bits per heavy atom. The van der Waals surface area contributed by atoms with Crippen LogP contribution in [0.4, 0.5) is 27.4 Å². The van der Waals surface area contributed by atoms with E-state index in [0.29, 0.717) is 65.4 Å². The number of amides is 3. The number of piperazine rings is 1. The lowest BCUT2D eigenvalue weighted by atomic mass is 10.0. The molecule has 4 bridgehead atoms. The zero-order valence-electron chi connectivity index (χ0n) is 34.7. The predicted octanol–water partition coefficient (Wildman–Crippen LogP) is 5.35. The van der Waals surface area contributed by atoms with Crippen molar-refractivity contribution >= 4 is 51.8 Å². The molecule has 15 nitrogen and oxygen atoms in total. The Morgan fingerprint density at radius 3 is 2.48 bits per heavy atom. The summed E-state index contributed by atoms with van der Waals surface area (Å²) >= 11 is 0. The number of benzene rings is 2. The summed E-state index contributed by atoms with van der Waals surface area (Å²) in [5.74, 6) is 0.843. The number of imide groups is 1. The number of anilines is 4. The van der Waals surface area contributed by atoms with Gasteiger partial charge in [-0.15, -0.1) is 0 Å². The molecule has 61 heavy (non-hydrogen) atoms. The van der Waals surface area contributed by atoms with Crippen molar-refractivity contribution in [2.45, 2.75) is 70.5 Å². The topological polar surface area (TPSA) is 155 Å². The number of aryl methyl sites for hydroxylation is 2. The standard InChI is InChI=1S/C45H52FN11O4/c1-27-19-30-21-38(48-27)34-24-47-53(2)44(34)61-26-29-4-3-28(20-29)25-57-40-23-33(6-7-36(40)50-45(57)52-42(30)59)55-17-15-54(16-18-55)32-11-13-56(14-12-32)39-9-5-31(22-35(39)46)49-37-8-10-41(58)51-43(37)60/h5-7,9,19,21-24,28-29,32,37,49H,3-4,8,10-18,20,25-26H2,1-2H3,(H,50,52,59)(H,51,58,60)/t28-,29+,37?/m1/s1. The fourth-order valence-electron chi connectivity index (χ4n) is 10.1. The van der Waals surface area contributed by atoms with Crippen molar-refractivity contribution in [3.8, 4) is 17.1 Å². The number of halogens is 1. The van der Waals surface area contributed by atoms with Gasteiger partial charge in [0.1, 0.15) is 11.9 Å². The van der Waals surface area contributed by atoms with Gasteiger partial charge in [0.25, 0.3) is 5.91 Å². The summed E-state index contributed by atoms with van der Waals surface area (Å²) in [5.41, 5.74) is 6.77. The van der Waals surface area contributed by atoms with Crippen LogP contribution >= 0.6 is 0 Å². The number of ether oxygens (including phenoxy) is 1. The maximum absolute atomic E-state index is 15.4. The molecule has 0 radical (unpaired) electrons. The van der Waals surface area contributed by atoms with Gasteiger partial charge in [-0.05, 0) is 106 Å². The fraction of sp³-hybridized carbons (Fsp3) is 0.467. The van der Waals surface area contributed by atoms with Crippen LogP contribution in [0.1, 0.15) is 61.0 Å². The molecule has 5 aliphatic rings. The predicted molar refractivity (Wildman–Crippen MR) is 230 cm³/mol. The van der Waals surface area contributed by atoms with Crippen LogP contribution in [0.2, 0.25) is 0 Å². The molecule has 16 heteroatoms. The van der Waals surface area contributed by atoms with Crippen LogP contribution in [0.25, 0.3) is 22.3 Å². The van der Waals surface area contributed by atoms with E-state index in [2.05, 4.69) is 58.5 Å². The average molecular weight is 830 g/mol. The highest BCUT2D eigenvalue weighted by Crippen LogP contribution is 2.37. The lowest BCUT2D eigenvalue weighted by Gasteiger charge is -2.44. The second-order valence-corrected chi connectivity index (χ2v) is 17.5. The Morgan fingerprint density at radius 2 is 1.67 bits per heavy atom. The van der Waals surface area contributed by atoms with Crippen molar-refractivity contribution in [2.24, 2.45) is 18.9 Å². The highest BCUT2D eigenvalue weighted by molar-refractivity contribution is 6.05. The molecule has 0 spiro atoms. The van der Waals surface area contributed by atoms with E-state index in [1.54, 1.807) is 29.1 Å². The van der Waals surface area contributed by atoms with Gasteiger partial charge in [0, 0.05) is 88.0 Å². The first kappa shape index (κ1) is 39.1. The first-order valence-electron chi connectivity index (χ1n) is 21.7. The molecule has 4 fully saturated rings. The van der Waals surface area contributed by atoms with Crippen molar-refractivity contribution in [1.82, 2.24) is 34.5 Å². The summed E-state index contributed by atoms with van der Waals surface area (Å²) in [6.45, 7) is 8.45. The van der Waals surface area contributed by atoms with Gasteiger partial charge in [0.15, 0.2) is 0 Å². The number of nitrogens with one attached hydrogen (secondary N) is 3. The molecule has 3 amide bonds. The summed E-state index contributed by atoms with van der Waals surface area (Å²) in [5, 5.41) is 13.1. The van der Waals surface area contributed by atoms with Gasteiger partial charge in [-0.2, -0.15) is 5.10 Å². The largest absolute Gasteiger partial charge is 0.477 e. The van der Waals surface area contributed by atoms with Crippen LogP contribution in [-0.2, 0) is 23.2 Å². The maximum atomic E-state index is 15.4. The van der Waals surface area contributed by atoms with E-state index in [9.17, 15) is 14.4 Å². The van der Waals surface area contributed by atoms with E-state index >= 15 is 4.39 Å². The number of hydrogen-bond acceptors (Lipinski definition) is 11. The van der Waals surface area contributed by atoms with Crippen LogP contribution in [-0.4, -0.2) is 105 Å². The molecule has 1 saturated carbocycles. The Kier molecular flexibility index (Phi) is 10.3. The minimum atomic E-state index is -0.554. The second-order valence-electron chi connectivity index (χ2n) is 17.5. The molecule has 7 heterocycles. The molecular weight excluding hydrogens is 778 g/mol. The normalized spacial score (nSPS) is 22.8. The number of carbonyl (C=O) groups excluding carboxylic acids is 3. The average Bonchev–Trinajstić information content (AvgIpc) is 3.97. The van der Waals surface area contributed by atoms with Crippen molar-refractivity contribution in [2.75, 3.05) is 66.3 Å². The number of carbonyl (C=O) groups is 3. The van der Waals surface area contributed by atoms with Gasteiger partial charge >= 0.3 is 0 Å². The molecule has 2 aromatic carbocycles. The molecule has 10 rings (SSSR count). The summed E-state index contributed by atoms with van der Waals surface area (Å²) in [6, 6.07) is 15.0. The number of imidazole rings is 1. The summed E-state index contributed by atoms with van der Waals surface area (Å²) in [6.07, 6.45) is 7.49. The smallest absolute Gasteiger partial charge is 0.258 e. The second kappa shape index (κ2) is 16.1. The van der Waals surface area contributed by atoms with E-state index < -0.39 is 6.04 Å². The van der Waals surface area contributed by atoms with E-state index in [4.69, 9.17) is 14.7 Å². The number of piperidine rings is 2. The third-order valence-corrected chi connectivity index (χ3v) is 13.4. The molecule has 3 aromatic heterocycles. The molecule has 4 aliphatic heterocycles. The van der Waals surface area contributed by atoms with Gasteiger partial charge in [-0.3, -0.25) is 34.9 Å². The van der Waals surface area contributed by atoms with Crippen molar-refractivity contribution < 1.29 is 23.5 Å². The molecule has 3 saturated heterocycles. The number of fused-ring (bicyclic) bond motifs is 9. The molecule has 1 aliphatic carbocycles. The Labute approximate surface area is 353 Å². The summed E-state index contributed by atoms with van der Waals surface area (Å²) in [7, 11) is 1.87. The number of pyridine rings is 1. The fourth-order valence-corrected chi connectivity index (χ4v) is 10.1. The van der Waals surface area contributed by atoms with E-state index in [1.807, 2.05) is 20.0 Å². The molecule has 3 N–H and O–H groups in total. The van der Waals surface area contributed by atoms with Crippen LogP contribution in [0, 0.1) is 24.6 Å². The first-order valence-corrected chi connectivity index (χ1v) is 21.7. The molecule has 3 atom stereocenters. The number of aromatic nitrogens is 5. The van der Waals surface area contributed by atoms with Crippen LogP contribution in [0.15, 0.2) is 54.7 Å². The minimum Gasteiger partial charge on any atom is -0.477 e. The lowest BCUT2D eigenvalue weighted by Crippen LogP contribution is -2.53. The van der Waals surface area contributed by atoms with Gasteiger partial charge in [0.05, 0.1) is 40.8 Å². The SMILES string of the molecule is Cc1cc2cc(n1)-c1cnn(C)c1OC[C@H]1CC[C@H](C1)Cn1c(nc3ccc(N4CCN(C5CCN(c6ccc(NC7CCC(=O)NC7=O)cc6F)CC5)CC4)cc31)NC2=O. The zero-order chi connectivity index (χ0) is 41.8. The van der Waals surface area contributed by atoms with Gasteiger partial charge in [0.2, 0.25) is 23.6 Å². The number of hydrogen-bond donors (Lipinski definition) is 3. The van der Waals surface area contributed by atoms with Gasteiger partial charge in [-0.1, -0.05) is 0 Å². The third-order valence-electron chi connectivity index (χ3n) is 13.4. The third kappa shape index (κ3) is 7.88. The Hall–Kier alpha value is -6.03. The number of nitrogens with zero attached hydrogens (tertiary/aromatic N) is 8. The summed E-state index contributed by atoms with van der Waals surface area (Å²) in [4.78, 5) is 54.6. The van der Waals surface area contributed by atoms with Gasteiger partial charge < -0.3 is 24.4 Å². The van der Waals surface area contributed by atoms with Crippen molar-refractivity contribution in [1.29, 1.82) is 0 Å². The summed E-state index contributed by atoms with van der Waals surface area (Å²) < 4.78 is 25.8. The van der Waals surface area contributed by atoms with Gasteiger partial charge in [-0.25, -0.2) is 14.1 Å². The zero-order valence-corrected chi connectivity index (χ0v) is 34.7. The molecule has 1 unspecified atom stereocenters. The van der Waals surface area contributed by atoms with E-state index in [-0.39, 0.29) is 30.0 Å². The monoisotopic (exact) mass is 829 g/mol. The van der Waals surface area contributed by atoms with E-state index in [1.165, 1.54) is 6.07 Å². The van der Waals surface area contributed by atoms with Crippen molar-refractivity contribution in [3.05, 3.63) is 71.8 Å². The van der Waals surface area contributed by atoms with Crippen molar-refractivity contribution in [3.63, 3.8) is 0 Å². The minimum absolute atomic E-state index is 0.238. The highest BCUT2D eigenvalue weighted by atomic mass is 19.1. The number of rotatable bonds is 5. The maximum Gasteiger partial charge on any atom is 0.258 e. The molecule has 5 aromatic rings. The Balaban J connectivity index is 0.808. The lowest BCUT2D eigenvalue weighted by molar-refractivity contribution is -0.133. The van der Waals surface area contributed by atoms with E-state index in [0.717, 1.165) is 106 Å². The first-order chi connectivity index (χ1) is 29.6. The Bertz CT molecular complexity index is 2500. The van der Waals surface area contributed by atoms with Crippen LogP contribution in [0.5, 0.6) is 5.88 Å². The quantitative estimate of drug-likeness (QED) is 0.197. The molecule has 318 valence electrons.